The van der Waals surface area contributed by atoms with Crippen LogP contribution in [0.25, 0.3) is 0 Å². The Labute approximate surface area is 268 Å². The van der Waals surface area contributed by atoms with Gasteiger partial charge in [0, 0.05) is 0 Å². The monoisotopic (exact) mass is 616 g/mol. The van der Waals surface area contributed by atoms with Crippen molar-refractivity contribution in [2.24, 2.45) is 40.4 Å². The van der Waals surface area contributed by atoms with Gasteiger partial charge in [0.1, 0.15) is 18.3 Å². The molecule has 7 rings (SSSR count). The van der Waals surface area contributed by atoms with Crippen LogP contribution < -0.4 is 0 Å². The van der Waals surface area contributed by atoms with Crippen LogP contribution in [0.3, 0.4) is 0 Å². The summed E-state index contributed by atoms with van der Waals surface area (Å²) in [5.74, 6) is 4.27. The van der Waals surface area contributed by atoms with E-state index in [9.17, 15) is 0 Å². The summed E-state index contributed by atoms with van der Waals surface area (Å²) >= 11 is 0. The highest BCUT2D eigenvalue weighted by atomic mass is 16.6. The molecule has 0 amide bonds. The van der Waals surface area contributed by atoms with Crippen LogP contribution in [-0.4, -0.2) is 76.3 Å². The van der Waals surface area contributed by atoms with Crippen LogP contribution in [0.2, 0.25) is 0 Å². The number of hydrogen-bond donors (Lipinski definition) is 0. The molecule has 44 heavy (non-hydrogen) atoms. The molecule has 7 aliphatic rings. The Morgan fingerprint density at radius 2 is 0.659 bits per heavy atom. The number of epoxide rings is 3. The van der Waals surface area contributed by atoms with Gasteiger partial charge in [-0.15, -0.1) is 0 Å². The van der Waals surface area contributed by atoms with E-state index in [0.717, 1.165) is 69.2 Å². The molecule has 0 aromatic carbocycles. The van der Waals surface area contributed by atoms with Crippen LogP contribution >= 0.6 is 0 Å². The molecule has 0 aromatic heterocycles. The van der Waals surface area contributed by atoms with Gasteiger partial charge in [-0.25, -0.2) is 0 Å². The first kappa shape index (κ1) is 32.3. The Hall–Kier alpha value is -0.240. The fourth-order valence-corrected chi connectivity index (χ4v) is 10.7. The summed E-state index contributed by atoms with van der Waals surface area (Å²) in [5, 5.41) is 0. The zero-order chi connectivity index (χ0) is 30.1. The van der Waals surface area contributed by atoms with Crippen LogP contribution in [-0.2, 0) is 28.4 Å². The van der Waals surface area contributed by atoms with Crippen molar-refractivity contribution >= 4 is 0 Å². The van der Waals surface area contributed by atoms with Crippen molar-refractivity contribution in [3.05, 3.63) is 0 Å². The van der Waals surface area contributed by atoms with Crippen molar-refractivity contribution in [3.8, 4) is 0 Å². The molecule has 0 radical (unpaired) electrons. The van der Waals surface area contributed by atoms with Gasteiger partial charge >= 0.3 is 0 Å². The topological polar surface area (TPSA) is 65.3 Å². The largest absolute Gasteiger partial charge is 0.375 e. The van der Waals surface area contributed by atoms with Gasteiger partial charge in [0.25, 0.3) is 0 Å². The average molecular weight is 617 g/mol. The quantitative estimate of drug-likeness (QED) is 0.186. The lowest BCUT2D eigenvalue weighted by Gasteiger charge is -2.55. The second kappa shape index (κ2) is 14.1. The Kier molecular flexibility index (Phi) is 10.3. The van der Waals surface area contributed by atoms with Crippen molar-refractivity contribution in [1.29, 1.82) is 0 Å². The van der Waals surface area contributed by atoms with E-state index in [2.05, 4.69) is 20.8 Å². The highest BCUT2D eigenvalue weighted by Gasteiger charge is 2.51. The molecule has 0 N–H and O–H groups in total. The van der Waals surface area contributed by atoms with Gasteiger partial charge in [0.15, 0.2) is 0 Å². The van der Waals surface area contributed by atoms with E-state index >= 15 is 0 Å². The van der Waals surface area contributed by atoms with E-state index in [1.165, 1.54) is 103 Å². The molecule has 3 heterocycles. The predicted molar refractivity (Wildman–Crippen MR) is 172 cm³/mol. The van der Waals surface area contributed by atoms with E-state index in [1.54, 1.807) is 0 Å². The molecule has 4 aliphatic carbocycles. The minimum Gasteiger partial charge on any atom is -0.375 e. The maximum absolute atomic E-state index is 6.30. The molecule has 3 saturated heterocycles. The van der Waals surface area contributed by atoms with Gasteiger partial charge in [-0.1, -0.05) is 20.8 Å². The zero-order valence-corrected chi connectivity index (χ0v) is 28.4. The lowest BCUT2D eigenvalue weighted by atomic mass is 9.50. The zero-order valence-electron chi connectivity index (χ0n) is 28.4. The van der Waals surface area contributed by atoms with Crippen molar-refractivity contribution in [2.75, 3.05) is 39.6 Å². The van der Waals surface area contributed by atoms with E-state index in [-0.39, 0.29) is 0 Å². The minimum atomic E-state index is 0.382. The summed E-state index contributed by atoms with van der Waals surface area (Å²) < 4.78 is 35.0. The summed E-state index contributed by atoms with van der Waals surface area (Å²) in [6, 6.07) is 0. The molecular weight excluding hydrogens is 552 g/mol. The van der Waals surface area contributed by atoms with Gasteiger partial charge < -0.3 is 28.4 Å². The van der Waals surface area contributed by atoms with Crippen molar-refractivity contribution < 1.29 is 28.4 Å². The second-order valence-electron chi connectivity index (χ2n) is 17.0. The van der Waals surface area contributed by atoms with Gasteiger partial charge in [-0.3, -0.25) is 0 Å². The van der Waals surface area contributed by atoms with Gasteiger partial charge in [-0.2, -0.15) is 0 Å². The smallest absolute Gasteiger partial charge is 0.104 e. The Morgan fingerprint density at radius 3 is 0.955 bits per heavy atom. The minimum absolute atomic E-state index is 0.382. The third-order valence-corrected chi connectivity index (χ3v) is 14.3. The molecule has 7 fully saturated rings. The summed E-state index contributed by atoms with van der Waals surface area (Å²) in [5.41, 5.74) is 0.887. The summed E-state index contributed by atoms with van der Waals surface area (Å²) in [6.45, 7) is 13.2. The first-order valence-corrected chi connectivity index (χ1v) is 19.1. The van der Waals surface area contributed by atoms with E-state index in [4.69, 9.17) is 28.4 Å². The fraction of sp³-hybridized carbons (Fsp3) is 1.00. The standard InChI is InChI=1S/C38H64O6/c1-37(2,27-8-14-31(15-9-27)39-20-34-23-42-34)26-4-6-28(7-5-26)38(3,29-10-16-32(17-11-29)40-21-35-24-43-35)30-12-18-33(19-13-30)41-22-36-25-44-36/h26-36H,4-25H2,1-3H3. The van der Waals surface area contributed by atoms with Crippen LogP contribution in [0, 0.1) is 40.4 Å². The third-order valence-electron chi connectivity index (χ3n) is 14.3. The molecule has 0 aromatic rings. The maximum Gasteiger partial charge on any atom is 0.104 e. The normalized spacial score (nSPS) is 44.1. The molecule has 6 nitrogen and oxygen atoms in total. The summed E-state index contributed by atoms with van der Waals surface area (Å²) in [4.78, 5) is 0. The molecule has 0 bridgehead atoms. The molecule has 0 spiro atoms. The van der Waals surface area contributed by atoms with Crippen molar-refractivity contribution in [1.82, 2.24) is 0 Å². The van der Waals surface area contributed by atoms with Crippen LogP contribution in [0.5, 0.6) is 0 Å². The molecular formula is C38H64O6. The van der Waals surface area contributed by atoms with Crippen LogP contribution in [0.1, 0.15) is 124 Å². The predicted octanol–water partition coefficient (Wildman–Crippen LogP) is 7.75. The number of hydrogen-bond acceptors (Lipinski definition) is 6. The molecule has 252 valence electrons. The van der Waals surface area contributed by atoms with Crippen LogP contribution in [0.4, 0.5) is 0 Å². The van der Waals surface area contributed by atoms with Crippen molar-refractivity contribution in [3.63, 3.8) is 0 Å². The van der Waals surface area contributed by atoms with E-state index in [0.29, 0.717) is 47.5 Å². The number of rotatable bonds is 14. The highest BCUT2D eigenvalue weighted by molar-refractivity contribution is 5.00. The Morgan fingerprint density at radius 1 is 0.409 bits per heavy atom. The van der Waals surface area contributed by atoms with Gasteiger partial charge in [0.2, 0.25) is 0 Å². The summed E-state index contributed by atoms with van der Waals surface area (Å²) in [7, 11) is 0. The van der Waals surface area contributed by atoms with Crippen LogP contribution in [0.15, 0.2) is 0 Å². The first-order chi connectivity index (χ1) is 21.4. The SMILES string of the molecule is CC(C)(C1CCC(OCC2CO2)CC1)C1CCC(C(C)(C2CCC(OCC3CO3)CC2)C2CCC(OCC3CO3)CC2)CC1. The highest BCUT2D eigenvalue weighted by Crippen LogP contribution is 2.59. The van der Waals surface area contributed by atoms with E-state index < -0.39 is 0 Å². The average Bonchev–Trinajstić information content (AvgIpc) is 3.91. The Balaban J connectivity index is 0.948. The molecule has 3 aliphatic heterocycles. The maximum atomic E-state index is 6.30. The second-order valence-corrected chi connectivity index (χ2v) is 17.0. The molecule has 3 atom stereocenters. The van der Waals surface area contributed by atoms with Gasteiger partial charge in [-0.05, 0) is 143 Å². The summed E-state index contributed by atoms with van der Waals surface area (Å²) in [6.07, 6.45) is 23.8. The number of ether oxygens (including phenoxy) is 6. The molecule has 6 heteroatoms. The van der Waals surface area contributed by atoms with Gasteiger partial charge in [0.05, 0.1) is 58.0 Å². The fourth-order valence-electron chi connectivity index (χ4n) is 10.7. The molecule has 3 unspecified atom stereocenters. The van der Waals surface area contributed by atoms with Crippen molar-refractivity contribution in [2.45, 2.75) is 160 Å². The lowest BCUT2D eigenvalue weighted by molar-refractivity contribution is -0.0862. The lowest BCUT2D eigenvalue weighted by Crippen LogP contribution is -2.48. The first-order valence-electron chi connectivity index (χ1n) is 19.1. The third kappa shape index (κ3) is 7.89. The van der Waals surface area contributed by atoms with E-state index in [1.807, 2.05) is 0 Å². The molecule has 4 saturated carbocycles. The Bertz CT molecular complexity index is 843.